The van der Waals surface area contributed by atoms with Gasteiger partial charge in [0.05, 0.1) is 26.3 Å². The van der Waals surface area contributed by atoms with Crippen molar-refractivity contribution in [3.05, 3.63) is 33.5 Å². The summed E-state index contributed by atoms with van der Waals surface area (Å²) < 4.78 is 15.5. The molecule has 0 unspecified atom stereocenters. The van der Waals surface area contributed by atoms with Gasteiger partial charge in [0.15, 0.2) is 11.5 Å². The number of hydrogen-bond acceptors (Lipinski definition) is 5. The Balaban J connectivity index is 3.40. The van der Waals surface area contributed by atoms with Crippen molar-refractivity contribution in [3.8, 4) is 17.2 Å². The summed E-state index contributed by atoms with van der Waals surface area (Å²) in [4.78, 5) is 10.2. The molecule has 0 atom stereocenters. The van der Waals surface area contributed by atoms with E-state index >= 15 is 0 Å². The van der Waals surface area contributed by atoms with Crippen LogP contribution in [0.3, 0.4) is 0 Å². The van der Waals surface area contributed by atoms with Crippen LogP contribution in [0.1, 0.15) is 12.5 Å². The van der Waals surface area contributed by atoms with Crippen molar-refractivity contribution in [2.24, 2.45) is 0 Å². The number of rotatable bonds is 5. The van der Waals surface area contributed by atoms with Gasteiger partial charge in [-0.25, -0.2) is 0 Å². The van der Waals surface area contributed by atoms with Gasteiger partial charge in [-0.2, -0.15) is 0 Å². The van der Waals surface area contributed by atoms with Crippen LogP contribution in [-0.2, 0) is 0 Å². The Labute approximate surface area is 105 Å². The van der Waals surface area contributed by atoms with Crippen molar-refractivity contribution in [2.45, 2.75) is 6.92 Å². The highest BCUT2D eigenvalue weighted by atomic mass is 16.6. The average Bonchev–Trinajstić information content (AvgIpc) is 2.37. The third-order valence-electron chi connectivity index (χ3n) is 2.37. The van der Waals surface area contributed by atoms with Crippen LogP contribution in [0.5, 0.6) is 17.2 Å². The van der Waals surface area contributed by atoms with E-state index < -0.39 is 4.92 Å². The van der Waals surface area contributed by atoms with E-state index in [-0.39, 0.29) is 5.70 Å². The van der Waals surface area contributed by atoms with Crippen molar-refractivity contribution in [1.29, 1.82) is 0 Å². The van der Waals surface area contributed by atoms with Gasteiger partial charge in [-0.15, -0.1) is 0 Å². The molecular weight excluding hydrogens is 238 g/mol. The molecule has 0 fully saturated rings. The van der Waals surface area contributed by atoms with E-state index in [0.717, 1.165) is 0 Å². The molecule has 1 rings (SSSR count). The van der Waals surface area contributed by atoms with Crippen molar-refractivity contribution in [2.75, 3.05) is 21.3 Å². The zero-order valence-corrected chi connectivity index (χ0v) is 10.7. The maximum absolute atomic E-state index is 10.6. The Kier molecular flexibility index (Phi) is 4.53. The standard InChI is InChI=1S/C12H15NO5/c1-8(13(14)15)5-9-6-10(16-2)7-11(17-3)12(9)18-4/h5-7H,1-4H3/b8-5-. The molecule has 0 aromatic heterocycles. The lowest BCUT2D eigenvalue weighted by atomic mass is 10.1. The van der Waals surface area contributed by atoms with Gasteiger partial charge in [0.25, 0.3) is 0 Å². The highest BCUT2D eigenvalue weighted by Gasteiger charge is 2.14. The summed E-state index contributed by atoms with van der Waals surface area (Å²) in [5, 5.41) is 10.6. The van der Waals surface area contributed by atoms with E-state index in [4.69, 9.17) is 14.2 Å². The first-order chi connectivity index (χ1) is 8.53. The van der Waals surface area contributed by atoms with Gasteiger partial charge in [0, 0.05) is 24.6 Å². The zero-order valence-electron chi connectivity index (χ0n) is 10.7. The summed E-state index contributed by atoms with van der Waals surface area (Å²) >= 11 is 0. The Hall–Kier alpha value is -2.24. The monoisotopic (exact) mass is 253 g/mol. The first kappa shape index (κ1) is 13.8. The normalized spacial score (nSPS) is 11.0. The summed E-state index contributed by atoms with van der Waals surface area (Å²) in [5.41, 5.74) is 0.534. The SMILES string of the molecule is COc1cc(/C=C(/C)[N+](=O)[O-])c(OC)c(OC)c1. The number of hydrogen-bond donors (Lipinski definition) is 0. The van der Waals surface area contributed by atoms with Crippen LogP contribution in [0.25, 0.3) is 6.08 Å². The molecule has 6 nitrogen and oxygen atoms in total. The molecule has 0 aliphatic carbocycles. The number of benzene rings is 1. The molecule has 0 N–H and O–H groups in total. The van der Waals surface area contributed by atoms with Crippen molar-refractivity contribution >= 4 is 6.08 Å². The summed E-state index contributed by atoms with van der Waals surface area (Å²) in [6, 6.07) is 3.30. The molecule has 0 bridgehead atoms. The minimum Gasteiger partial charge on any atom is -0.497 e. The van der Waals surface area contributed by atoms with Crippen molar-refractivity contribution in [3.63, 3.8) is 0 Å². The summed E-state index contributed by atoms with van der Waals surface area (Å²) in [6.07, 6.45) is 1.41. The third-order valence-corrected chi connectivity index (χ3v) is 2.37. The van der Waals surface area contributed by atoms with E-state index in [1.165, 1.54) is 34.3 Å². The maximum Gasteiger partial charge on any atom is 0.243 e. The van der Waals surface area contributed by atoms with Crippen LogP contribution in [0, 0.1) is 10.1 Å². The molecular formula is C12H15NO5. The number of methoxy groups -OCH3 is 3. The molecule has 0 saturated heterocycles. The van der Waals surface area contributed by atoms with Gasteiger partial charge in [-0.1, -0.05) is 0 Å². The van der Waals surface area contributed by atoms with E-state index in [1.807, 2.05) is 0 Å². The first-order valence-electron chi connectivity index (χ1n) is 5.16. The van der Waals surface area contributed by atoms with Crippen LogP contribution in [0.15, 0.2) is 17.8 Å². The summed E-state index contributed by atoms with van der Waals surface area (Å²) in [6.45, 7) is 1.41. The molecule has 6 heteroatoms. The Morgan fingerprint density at radius 2 is 1.89 bits per heavy atom. The molecule has 98 valence electrons. The largest absolute Gasteiger partial charge is 0.497 e. The second-order valence-corrected chi connectivity index (χ2v) is 3.49. The Morgan fingerprint density at radius 3 is 2.33 bits per heavy atom. The first-order valence-corrected chi connectivity index (χ1v) is 5.16. The Morgan fingerprint density at radius 1 is 1.22 bits per heavy atom. The van der Waals surface area contributed by atoms with Gasteiger partial charge >= 0.3 is 0 Å². The van der Waals surface area contributed by atoms with Crippen LogP contribution in [0.2, 0.25) is 0 Å². The van der Waals surface area contributed by atoms with Crippen LogP contribution in [-0.4, -0.2) is 26.3 Å². The number of nitrogens with zero attached hydrogens (tertiary/aromatic N) is 1. The predicted octanol–water partition coefficient (Wildman–Crippen LogP) is 2.35. The molecule has 1 aromatic carbocycles. The predicted molar refractivity (Wildman–Crippen MR) is 66.7 cm³/mol. The molecule has 0 amide bonds. The molecule has 0 aliphatic heterocycles. The van der Waals surface area contributed by atoms with Gasteiger partial charge in [0.2, 0.25) is 5.70 Å². The van der Waals surface area contributed by atoms with Crippen molar-refractivity contribution in [1.82, 2.24) is 0 Å². The quantitative estimate of drug-likeness (QED) is 0.595. The van der Waals surface area contributed by atoms with Crippen LogP contribution in [0.4, 0.5) is 0 Å². The molecule has 1 aromatic rings. The second-order valence-electron chi connectivity index (χ2n) is 3.49. The molecule has 18 heavy (non-hydrogen) atoms. The fourth-order valence-electron chi connectivity index (χ4n) is 1.47. The lowest BCUT2D eigenvalue weighted by molar-refractivity contribution is -0.422. The molecule has 0 radical (unpaired) electrons. The number of allylic oxidation sites excluding steroid dienone is 1. The van der Waals surface area contributed by atoms with E-state index in [2.05, 4.69) is 0 Å². The summed E-state index contributed by atoms with van der Waals surface area (Å²) in [5.74, 6) is 1.42. The third kappa shape index (κ3) is 2.91. The highest BCUT2D eigenvalue weighted by molar-refractivity contribution is 5.65. The smallest absolute Gasteiger partial charge is 0.243 e. The zero-order chi connectivity index (χ0) is 13.7. The Bertz CT molecular complexity index is 482. The van der Waals surface area contributed by atoms with Gasteiger partial charge in [-0.3, -0.25) is 10.1 Å². The van der Waals surface area contributed by atoms with E-state index in [0.29, 0.717) is 22.8 Å². The van der Waals surface area contributed by atoms with Crippen LogP contribution >= 0.6 is 0 Å². The van der Waals surface area contributed by atoms with Gasteiger partial charge in [-0.05, 0) is 6.07 Å². The number of nitro groups is 1. The lowest BCUT2D eigenvalue weighted by Gasteiger charge is -2.12. The number of ether oxygens (including phenoxy) is 3. The lowest BCUT2D eigenvalue weighted by Crippen LogP contribution is -1.97. The van der Waals surface area contributed by atoms with Crippen LogP contribution < -0.4 is 14.2 Å². The fourth-order valence-corrected chi connectivity index (χ4v) is 1.47. The van der Waals surface area contributed by atoms with E-state index in [9.17, 15) is 10.1 Å². The van der Waals surface area contributed by atoms with Crippen molar-refractivity contribution < 1.29 is 19.1 Å². The fraction of sp³-hybridized carbons (Fsp3) is 0.333. The second kappa shape index (κ2) is 5.90. The molecule has 0 saturated carbocycles. The molecule has 0 aliphatic rings. The molecule has 0 spiro atoms. The average molecular weight is 253 g/mol. The highest BCUT2D eigenvalue weighted by Crippen LogP contribution is 2.36. The molecule has 0 heterocycles. The minimum atomic E-state index is -0.467. The minimum absolute atomic E-state index is 0.00334. The summed E-state index contributed by atoms with van der Waals surface area (Å²) in [7, 11) is 4.48. The maximum atomic E-state index is 10.6. The van der Waals surface area contributed by atoms with Gasteiger partial charge in [0.1, 0.15) is 5.75 Å². The van der Waals surface area contributed by atoms with Gasteiger partial charge < -0.3 is 14.2 Å². The van der Waals surface area contributed by atoms with E-state index in [1.54, 1.807) is 12.1 Å². The topological polar surface area (TPSA) is 70.8 Å².